The number of rotatable bonds is 3. The van der Waals surface area contributed by atoms with E-state index in [2.05, 4.69) is 5.32 Å². The Labute approximate surface area is 90.8 Å². The number of hydrogen-bond donors (Lipinski definition) is 2. The molecule has 2 aliphatic rings. The Bertz CT molecular complexity index is 174. The van der Waals surface area contributed by atoms with Crippen molar-refractivity contribution in [1.82, 2.24) is 5.32 Å². The van der Waals surface area contributed by atoms with Gasteiger partial charge >= 0.3 is 0 Å². The summed E-state index contributed by atoms with van der Waals surface area (Å²) in [5, 5.41) is 13.8. The van der Waals surface area contributed by atoms with E-state index >= 15 is 0 Å². The molecule has 1 aliphatic carbocycles. The van der Waals surface area contributed by atoms with Crippen molar-refractivity contribution in [2.24, 2.45) is 0 Å². The molecule has 0 aromatic heterocycles. The quantitative estimate of drug-likeness (QED) is 0.752. The maximum Gasteiger partial charge on any atom is 0.0771 e. The zero-order valence-corrected chi connectivity index (χ0v) is 9.61. The minimum Gasteiger partial charge on any atom is -0.389 e. The van der Waals surface area contributed by atoms with E-state index in [1.54, 1.807) is 0 Å². The lowest BCUT2D eigenvalue weighted by molar-refractivity contribution is 0.00323. The van der Waals surface area contributed by atoms with Gasteiger partial charge in [-0.2, -0.15) is 11.8 Å². The van der Waals surface area contributed by atoms with Gasteiger partial charge in [-0.3, -0.25) is 0 Å². The Morgan fingerprint density at radius 3 is 2.71 bits per heavy atom. The molecule has 3 heteroatoms. The molecule has 0 aromatic rings. The molecule has 2 N–H and O–H groups in total. The standard InChI is InChI=1S/C11H21NOS/c13-11(5-2-1-3-6-11)9-12-10-4-7-14-8-10/h10,12-13H,1-9H2. The van der Waals surface area contributed by atoms with Gasteiger partial charge in [0.05, 0.1) is 5.60 Å². The molecule has 1 atom stereocenters. The van der Waals surface area contributed by atoms with Gasteiger partial charge in [-0.05, 0) is 25.0 Å². The second-order valence-corrected chi connectivity index (χ2v) is 5.88. The monoisotopic (exact) mass is 215 g/mol. The van der Waals surface area contributed by atoms with E-state index < -0.39 is 0 Å². The number of nitrogens with one attached hydrogen (secondary N) is 1. The second-order valence-electron chi connectivity index (χ2n) is 4.73. The largest absolute Gasteiger partial charge is 0.389 e. The Balaban J connectivity index is 1.72. The third-order valence-electron chi connectivity index (χ3n) is 3.43. The summed E-state index contributed by atoms with van der Waals surface area (Å²) in [5.41, 5.74) is -0.383. The first kappa shape index (κ1) is 10.8. The van der Waals surface area contributed by atoms with Gasteiger partial charge in [-0.1, -0.05) is 19.3 Å². The van der Waals surface area contributed by atoms with Gasteiger partial charge in [0.2, 0.25) is 0 Å². The van der Waals surface area contributed by atoms with Crippen LogP contribution in [0.3, 0.4) is 0 Å². The van der Waals surface area contributed by atoms with Crippen LogP contribution < -0.4 is 5.32 Å². The molecular formula is C11H21NOS. The maximum atomic E-state index is 10.3. The van der Waals surface area contributed by atoms with Gasteiger partial charge in [-0.15, -0.1) is 0 Å². The van der Waals surface area contributed by atoms with Crippen LogP contribution in [0.1, 0.15) is 38.5 Å². The lowest BCUT2D eigenvalue weighted by Crippen LogP contribution is -2.45. The molecule has 1 heterocycles. The van der Waals surface area contributed by atoms with Crippen molar-refractivity contribution < 1.29 is 5.11 Å². The van der Waals surface area contributed by atoms with E-state index in [0.717, 1.165) is 19.4 Å². The predicted molar refractivity (Wildman–Crippen MR) is 61.8 cm³/mol. The lowest BCUT2D eigenvalue weighted by atomic mass is 9.85. The summed E-state index contributed by atoms with van der Waals surface area (Å²) in [6.07, 6.45) is 7.00. The fourth-order valence-electron chi connectivity index (χ4n) is 2.42. The van der Waals surface area contributed by atoms with Gasteiger partial charge in [0, 0.05) is 18.3 Å². The Kier molecular flexibility index (Phi) is 3.74. The summed E-state index contributed by atoms with van der Waals surface area (Å²) < 4.78 is 0. The molecule has 2 fully saturated rings. The molecule has 14 heavy (non-hydrogen) atoms. The predicted octanol–water partition coefficient (Wildman–Crippen LogP) is 1.78. The SMILES string of the molecule is OC1(CNC2CCSC2)CCCCC1. The Hall–Kier alpha value is 0.270. The van der Waals surface area contributed by atoms with Crippen LogP contribution in [0, 0.1) is 0 Å². The highest BCUT2D eigenvalue weighted by molar-refractivity contribution is 7.99. The molecule has 0 radical (unpaired) electrons. The fourth-order valence-corrected chi connectivity index (χ4v) is 3.60. The summed E-state index contributed by atoms with van der Waals surface area (Å²) >= 11 is 2.02. The fraction of sp³-hybridized carbons (Fsp3) is 1.00. The molecule has 82 valence electrons. The zero-order valence-electron chi connectivity index (χ0n) is 8.80. The van der Waals surface area contributed by atoms with Gasteiger partial charge in [0.1, 0.15) is 0 Å². The molecule has 1 unspecified atom stereocenters. The van der Waals surface area contributed by atoms with Gasteiger partial charge in [-0.25, -0.2) is 0 Å². The molecule has 1 saturated heterocycles. The molecule has 0 spiro atoms. The molecule has 1 saturated carbocycles. The van der Waals surface area contributed by atoms with E-state index in [1.165, 1.54) is 37.2 Å². The van der Waals surface area contributed by atoms with Crippen molar-refractivity contribution >= 4 is 11.8 Å². The van der Waals surface area contributed by atoms with Crippen molar-refractivity contribution in [1.29, 1.82) is 0 Å². The highest BCUT2D eigenvalue weighted by Gasteiger charge is 2.29. The van der Waals surface area contributed by atoms with Crippen LogP contribution in [0.15, 0.2) is 0 Å². The maximum absolute atomic E-state index is 10.3. The van der Waals surface area contributed by atoms with E-state index in [4.69, 9.17) is 0 Å². The topological polar surface area (TPSA) is 32.3 Å². The van der Waals surface area contributed by atoms with E-state index in [9.17, 15) is 5.11 Å². The van der Waals surface area contributed by atoms with Crippen LogP contribution in [-0.4, -0.2) is 34.8 Å². The van der Waals surface area contributed by atoms with Crippen LogP contribution in [0.2, 0.25) is 0 Å². The molecule has 2 nitrogen and oxygen atoms in total. The second kappa shape index (κ2) is 4.86. The lowest BCUT2D eigenvalue weighted by Gasteiger charge is -2.33. The molecule has 0 amide bonds. The molecule has 1 aliphatic heterocycles. The van der Waals surface area contributed by atoms with Gasteiger partial charge in [0.15, 0.2) is 0 Å². The van der Waals surface area contributed by atoms with Gasteiger partial charge in [0.25, 0.3) is 0 Å². The van der Waals surface area contributed by atoms with Crippen LogP contribution in [-0.2, 0) is 0 Å². The van der Waals surface area contributed by atoms with Crippen molar-refractivity contribution in [2.75, 3.05) is 18.1 Å². The highest BCUT2D eigenvalue weighted by Crippen LogP contribution is 2.28. The molecule has 0 aromatic carbocycles. The summed E-state index contributed by atoms with van der Waals surface area (Å²) in [7, 11) is 0. The number of aliphatic hydroxyl groups is 1. The van der Waals surface area contributed by atoms with Crippen molar-refractivity contribution in [3.63, 3.8) is 0 Å². The van der Waals surface area contributed by atoms with Crippen molar-refractivity contribution in [3.8, 4) is 0 Å². The summed E-state index contributed by atoms with van der Waals surface area (Å²) in [4.78, 5) is 0. The first-order valence-electron chi connectivity index (χ1n) is 5.82. The minimum atomic E-state index is -0.383. The summed E-state index contributed by atoms with van der Waals surface area (Å²) in [5.74, 6) is 2.52. The molecular weight excluding hydrogens is 194 g/mol. The normalized spacial score (nSPS) is 31.9. The van der Waals surface area contributed by atoms with Crippen molar-refractivity contribution in [2.45, 2.75) is 50.2 Å². The van der Waals surface area contributed by atoms with E-state index in [0.29, 0.717) is 6.04 Å². The smallest absolute Gasteiger partial charge is 0.0771 e. The van der Waals surface area contributed by atoms with Crippen LogP contribution in [0.25, 0.3) is 0 Å². The third kappa shape index (κ3) is 2.88. The van der Waals surface area contributed by atoms with E-state index in [-0.39, 0.29) is 5.60 Å². The number of hydrogen-bond acceptors (Lipinski definition) is 3. The minimum absolute atomic E-state index is 0.383. The van der Waals surface area contributed by atoms with E-state index in [1.807, 2.05) is 11.8 Å². The average Bonchev–Trinajstić information content (AvgIpc) is 2.69. The first-order chi connectivity index (χ1) is 6.79. The van der Waals surface area contributed by atoms with Crippen LogP contribution >= 0.6 is 11.8 Å². The number of thioether (sulfide) groups is 1. The zero-order chi connectivity index (χ0) is 9.86. The third-order valence-corrected chi connectivity index (χ3v) is 4.60. The van der Waals surface area contributed by atoms with Crippen LogP contribution in [0.4, 0.5) is 0 Å². The highest BCUT2D eigenvalue weighted by atomic mass is 32.2. The molecule has 0 bridgehead atoms. The molecule has 2 rings (SSSR count). The van der Waals surface area contributed by atoms with Crippen molar-refractivity contribution in [3.05, 3.63) is 0 Å². The van der Waals surface area contributed by atoms with Crippen LogP contribution in [0.5, 0.6) is 0 Å². The summed E-state index contributed by atoms with van der Waals surface area (Å²) in [6.45, 7) is 0.818. The average molecular weight is 215 g/mol. The van der Waals surface area contributed by atoms with Gasteiger partial charge < -0.3 is 10.4 Å². The first-order valence-corrected chi connectivity index (χ1v) is 6.98. The Morgan fingerprint density at radius 1 is 1.29 bits per heavy atom. The Morgan fingerprint density at radius 2 is 2.07 bits per heavy atom. The summed E-state index contributed by atoms with van der Waals surface area (Å²) in [6, 6.07) is 0.658.